The Hall–Kier alpha value is -3.50. The number of fused-ring (bicyclic) bond motifs is 2. The van der Waals surface area contributed by atoms with E-state index in [1.807, 2.05) is 0 Å². The molecule has 0 unspecified atom stereocenters. The van der Waals surface area contributed by atoms with E-state index >= 15 is 0 Å². The zero-order valence-corrected chi connectivity index (χ0v) is 24.3. The molecule has 0 atom stereocenters. The molecule has 1 saturated heterocycles. The highest BCUT2D eigenvalue weighted by Gasteiger charge is 2.24. The Labute approximate surface area is 239 Å². The molecule has 3 heterocycles. The van der Waals surface area contributed by atoms with Crippen molar-refractivity contribution < 1.29 is 9.53 Å². The lowest BCUT2D eigenvalue weighted by atomic mass is 10.1. The first-order valence-corrected chi connectivity index (χ1v) is 14.7. The fraction of sp³-hybridized carbons (Fsp3) is 0.433. The first-order valence-electron chi connectivity index (χ1n) is 13.8. The minimum absolute atomic E-state index is 0.192. The number of benzene rings is 2. The summed E-state index contributed by atoms with van der Waals surface area (Å²) in [5.74, 6) is 0.499. The number of aryl methyl sites for hydroxylation is 1. The van der Waals surface area contributed by atoms with Crippen LogP contribution < -0.4 is 21.0 Å². The Morgan fingerprint density at radius 1 is 0.900 bits per heavy atom. The topological polar surface area (TPSA) is 80.0 Å². The molecular weight excluding hydrogens is 526 g/mol. The van der Waals surface area contributed by atoms with Gasteiger partial charge in [0, 0.05) is 62.6 Å². The average Bonchev–Trinajstić information content (AvgIpc) is 3.22. The fourth-order valence-corrected chi connectivity index (χ4v) is 6.60. The van der Waals surface area contributed by atoms with E-state index in [1.54, 1.807) is 29.4 Å². The van der Waals surface area contributed by atoms with Crippen LogP contribution in [0.25, 0.3) is 0 Å². The van der Waals surface area contributed by atoms with E-state index in [0.717, 1.165) is 62.2 Å². The maximum Gasteiger partial charge on any atom is 0.332 e. The summed E-state index contributed by atoms with van der Waals surface area (Å²) in [4.78, 5) is 45.9. The predicted octanol–water partition coefficient (Wildman–Crippen LogP) is 3.39. The number of carbonyl (C=O) groups excluding carboxylic acids is 1. The van der Waals surface area contributed by atoms with Gasteiger partial charge in [0.15, 0.2) is 0 Å². The van der Waals surface area contributed by atoms with Crippen LogP contribution in [0.4, 0.5) is 17.2 Å². The molecular formula is C30H37N5O4S. The van der Waals surface area contributed by atoms with E-state index < -0.39 is 0 Å². The van der Waals surface area contributed by atoms with E-state index in [1.165, 1.54) is 35.3 Å². The van der Waals surface area contributed by atoms with Gasteiger partial charge in [-0.3, -0.25) is 18.7 Å². The molecule has 3 aromatic rings. The van der Waals surface area contributed by atoms with Crippen molar-refractivity contribution in [2.24, 2.45) is 14.1 Å². The van der Waals surface area contributed by atoms with Crippen LogP contribution in [0, 0.1) is 0 Å². The molecule has 2 aromatic carbocycles. The number of nitrogens with zero attached hydrogens (tertiary/aromatic N) is 5. The summed E-state index contributed by atoms with van der Waals surface area (Å²) in [6.07, 6.45) is 2.99. The van der Waals surface area contributed by atoms with E-state index in [0.29, 0.717) is 18.7 Å². The van der Waals surface area contributed by atoms with Crippen LogP contribution in [0.15, 0.2) is 67.9 Å². The Kier molecular flexibility index (Phi) is 8.66. The van der Waals surface area contributed by atoms with Crippen molar-refractivity contribution in [3.05, 3.63) is 74.9 Å². The van der Waals surface area contributed by atoms with Crippen LogP contribution in [0.2, 0.25) is 0 Å². The molecule has 1 aromatic heterocycles. The maximum atomic E-state index is 12.4. The molecule has 0 spiro atoms. The standard InChI is InChI=1S/C30H37N5O4S/c1-31-27(21-28(36)32(2)30(31)38)34-16-6-14-33(18-19-34)15-7-17-35-23-8-4-5-9-25(23)40-26-12-10-22(20-24(26)35)11-13-29(37)39-3/h4-5,8-10,12,20-21H,6-7,11,13-19H2,1-3H3. The predicted molar refractivity (Wildman–Crippen MR) is 159 cm³/mol. The Morgan fingerprint density at radius 2 is 1.70 bits per heavy atom. The number of rotatable bonds is 8. The van der Waals surface area contributed by atoms with E-state index in [2.05, 4.69) is 57.2 Å². The van der Waals surface area contributed by atoms with Crippen LogP contribution in [0.5, 0.6) is 0 Å². The Balaban J connectivity index is 1.25. The van der Waals surface area contributed by atoms with Gasteiger partial charge in [-0.15, -0.1) is 0 Å². The van der Waals surface area contributed by atoms with Crippen LogP contribution >= 0.6 is 11.8 Å². The number of esters is 1. The smallest absolute Gasteiger partial charge is 0.332 e. The number of methoxy groups -OCH3 is 1. The van der Waals surface area contributed by atoms with Gasteiger partial charge in [0.2, 0.25) is 0 Å². The van der Waals surface area contributed by atoms with Crippen molar-refractivity contribution in [3.63, 3.8) is 0 Å². The van der Waals surface area contributed by atoms with Crippen molar-refractivity contribution in [2.45, 2.75) is 35.5 Å². The summed E-state index contributed by atoms with van der Waals surface area (Å²) in [6, 6.07) is 16.6. The summed E-state index contributed by atoms with van der Waals surface area (Å²) < 4.78 is 7.55. The van der Waals surface area contributed by atoms with E-state index in [4.69, 9.17) is 4.74 Å². The summed E-state index contributed by atoms with van der Waals surface area (Å²) in [7, 11) is 4.67. The first-order chi connectivity index (χ1) is 19.4. The van der Waals surface area contributed by atoms with Crippen LogP contribution in [-0.4, -0.2) is 66.4 Å². The van der Waals surface area contributed by atoms with E-state index in [9.17, 15) is 14.4 Å². The quantitative estimate of drug-likeness (QED) is 0.386. The van der Waals surface area contributed by atoms with Gasteiger partial charge in [-0.25, -0.2) is 4.79 Å². The van der Waals surface area contributed by atoms with Crippen molar-refractivity contribution >= 4 is 34.9 Å². The second kappa shape index (κ2) is 12.3. The van der Waals surface area contributed by atoms with Crippen molar-refractivity contribution in [2.75, 3.05) is 56.2 Å². The summed E-state index contributed by atoms with van der Waals surface area (Å²) in [5.41, 5.74) is 2.98. The van der Waals surface area contributed by atoms with Gasteiger partial charge in [0.1, 0.15) is 5.82 Å². The molecule has 2 aliphatic heterocycles. The number of ether oxygens (including phenoxy) is 1. The lowest BCUT2D eigenvalue weighted by Crippen LogP contribution is -2.41. The van der Waals surface area contributed by atoms with Gasteiger partial charge in [-0.1, -0.05) is 30.0 Å². The fourth-order valence-electron chi connectivity index (χ4n) is 5.52. The van der Waals surface area contributed by atoms with Gasteiger partial charge < -0.3 is 19.4 Å². The Bertz CT molecular complexity index is 1500. The van der Waals surface area contributed by atoms with Crippen molar-refractivity contribution in [1.82, 2.24) is 14.0 Å². The molecule has 2 aliphatic rings. The van der Waals surface area contributed by atoms with Gasteiger partial charge in [-0.2, -0.15) is 0 Å². The van der Waals surface area contributed by atoms with Gasteiger partial charge in [-0.05, 0) is 62.2 Å². The normalized spacial score (nSPS) is 15.4. The third kappa shape index (κ3) is 5.97. The molecule has 0 radical (unpaired) electrons. The number of carbonyl (C=O) groups is 1. The minimum Gasteiger partial charge on any atom is -0.469 e. The highest BCUT2D eigenvalue weighted by molar-refractivity contribution is 7.99. The largest absolute Gasteiger partial charge is 0.469 e. The van der Waals surface area contributed by atoms with Crippen molar-refractivity contribution in [3.8, 4) is 0 Å². The highest BCUT2D eigenvalue weighted by Crippen LogP contribution is 2.48. The molecule has 9 nitrogen and oxygen atoms in total. The number of para-hydroxylation sites is 1. The summed E-state index contributed by atoms with van der Waals surface area (Å²) in [6.45, 7) is 5.30. The summed E-state index contributed by atoms with van der Waals surface area (Å²) >= 11 is 1.79. The molecule has 5 rings (SSSR count). The molecule has 40 heavy (non-hydrogen) atoms. The summed E-state index contributed by atoms with van der Waals surface area (Å²) in [5, 5.41) is 0. The second-order valence-corrected chi connectivity index (χ2v) is 11.5. The second-order valence-electron chi connectivity index (χ2n) is 10.4. The number of hydrogen-bond acceptors (Lipinski definition) is 8. The first kappa shape index (κ1) is 28.0. The minimum atomic E-state index is -0.294. The molecule has 0 saturated carbocycles. The van der Waals surface area contributed by atoms with Crippen LogP contribution in [0.3, 0.4) is 0 Å². The third-order valence-electron chi connectivity index (χ3n) is 7.80. The number of hydrogen-bond donors (Lipinski definition) is 0. The van der Waals surface area contributed by atoms with Gasteiger partial charge >= 0.3 is 11.7 Å². The zero-order valence-electron chi connectivity index (χ0n) is 23.5. The van der Waals surface area contributed by atoms with Gasteiger partial charge in [0.05, 0.1) is 18.5 Å². The van der Waals surface area contributed by atoms with Crippen LogP contribution in [0.1, 0.15) is 24.8 Å². The number of aromatic nitrogens is 2. The third-order valence-corrected chi connectivity index (χ3v) is 8.94. The Morgan fingerprint density at radius 3 is 2.52 bits per heavy atom. The molecule has 0 aliphatic carbocycles. The zero-order chi connectivity index (χ0) is 28.2. The van der Waals surface area contributed by atoms with Crippen LogP contribution in [-0.2, 0) is 30.0 Å². The van der Waals surface area contributed by atoms with Crippen molar-refractivity contribution in [1.29, 1.82) is 0 Å². The van der Waals surface area contributed by atoms with Gasteiger partial charge in [0.25, 0.3) is 5.56 Å². The molecule has 212 valence electrons. The maximum absolute atomic E-state index is 12.4. The van der Waals surface area contributed by atoms with E-state index in [-0.39, 0.29) is 17.2 Å². The molecule has 10 heteroatoms. The SMILES string of the molecule is COC(=O)CCc1ccc2c(c1)N(CCCN1CCCN(c3cc(=O)n(C)c(=O)n3C)CC1)c1ccccc1S2. The molecule has 0 bridgehead atoms. The molecule has 0 N–H and O–H groups in total. The molecule has 1 fully saturated rings. The highest BCUT2D eigenvalue weighted by atomic mass is 32.2. The lowest BCUT2D eigenvalue weighted by molar-refractivity contribution is -0.140. The molecule has 0 amide bonds. The monoisotopic (exact) mass is 563 g/mol. The number of anilines is 3. The average molecular weight is 564 g/mol. The lowest BCUT2D eigenvalue weighted by Gasteiger charge is -2.34.